The molecule has 0 unspecified atom stereocenters. The van der Waals surface area contributed by atoms with E-state index in [2.05, 4.69) is 10.6 Å². The van der Waals surface area contributed by atoms with Crippen LogP contribution in [-0.4, -0.2) is 24.7 Å². The Hall–Kier alpha value is -3.15. The number of carbonyl (C=O) groups is 3. The molecule has 6 heteroatoms. The molecule has 6 nitrogen and oxygen atoms in total. The Morgan fingerprint density at radius 3 is 2.17 bits per heavy atom. The number of Topliss-reactive ketones (excluding diaryl/α,β-unsaturated/α-hetero) is 1. The Kier molecular flexibility index (Phi) is 5.68. The summed E-state index contributed by atoms with van der Waals surface area (Å²) in [5.41, 5.74) is 1.52. The zero-order valence-electron chi connectivity index (χ0n) is 13.5. The minimum atomic E-state index is -0.421. The van der Waals surface area contributed by atoms with Gasteiger partial charge in [0, 0.05) is 23.9 Å². The molecule has 0 aliphatic heterocycles. The SMILES string of the molecule is COc1ccc(C(=O)CC(=O)Nc2cccc(NC(C)=O)c2)cc1. The number of ketones is 1. The fourth-order valence-corrected chi connectivity index (χ4v) is 2.11. The third kappa shape index (κ3) is 4.95. The van der Waals surface area contributed by atoms with Gasteiger partial charge in [0.25, 0.3) is 0 Å². The quantitative estimate of drug-likeness (QED) is 0.631. The van der Waals surface area contributed by atoms with E-state index in [0.717, 1.165) is 0 Å². The maximum Gasteiger partial charge on any atom is 0.232 e. The van der Waals surface area contributed by atoms with E-state index in [1.165, 1.54) is 6.92 Å². The normalized spacial score (nSPS) is 9.92. The van der Waals surface area contributed by atoms with E-state index in [0.29, 0.717) is 22.7 Å². The molecular weight excluding hydrogens is 308 g/mol. The first-order valence-corrected chi connectivity index (χ1v) is 7.32. The summed E-state index contributed by atoms with van der Waals surface area (Å²) in [6.45, 7) is 1.40. The zero-order chi connectivity index (χ0) is 17.5. The molecule has 0 aliphatic carbocycles. The van der Waals surface area contributed by atoms with Crippen LogP contribution in [0, 0.1) is 0 Å². The predicted molar refractivity (Wildman–Crippen MR) is 91.3 cm³/mol. The summed E-state index contributed by atoms with van der Waals surface area (Å²) in [5.74, 6) is -0.261. The Balaban J connectivity index is 1.97. The van der Waals surface area contributed by atoms with Crippen LogP contribution in [0.1, 0.15) is 23.7 Å². The van der Waals surface area contributed by atoms with Gasteiger partial charge in [0.1, 0.15) is 5.75 Å². The molecule has 2 amide bonds. The standard InChI is InChI=1S/C18H18N2O4/c1-12(21)19-14-4-3-5-15(10-14)20-18(23)11-17(22)13-6-8-16(24-2)9-7-13/h3-10H,11H2,1-2H3,(H,19,21)(H,20,23). The van der Waals surface area contributed by atoms with Crippen molar-refractivity contribution in [2.24, 2.45) is 0 Å². The van der Waals surface area contributed by atoms with Crippen LogP contribution < -0.4 is 15.4 Å². The van der Waals surface area contributed by atoms with E-state index in [1.54, 1.807) is 55.6 Å². The van der Waals surface area contributed by atoms with Crippen molar-refractivity contribution < 1.29 is 19.1 Å². The molecule has 0 fully saturated rings. The minimum absolute atomic E-state index is 0.201. The molecule has 2 N–H and O–H groups in total. The van der Waals surface area contributed by atoms with Crippen LogP contribution in [0.5, 0.6) is 5.75 Å². The Labute approximate surface area is 139 Å². The van der Waals surface area contributed by atoms with Crippen LogP contribution in [-0.2, 0) is 9.59 Å². The first-order chi connectivity index (χ1) is 11.5. The van der Waals surface area contributed by atoms with Crippen molar-refractivity contribution in [2.75, 3.05) is 17.7 Å². The van der Waals surface area contributed by atoms with E-state index in [-0.39, 0.29) is 18.1 Å². The number of carbonyl (C=O) groups excluding carboxylic acids is 3. The molecule has 0 heterocycles. The van der Waals surface area contributed by atoms with Gasteiger partial charge in [0.05, 0.1) is 13.5 Å². The third-order valence-electron chi connectivity index (χ3n) is 3.20. The van der Waals surface area contributed by atoms with Crippen molar-refractivity contribution >= 4 is 29.0 Å². The van der Waals surface area contributed by atoms with E-state index in [9.17, 15) is 14.4 Å². The van der Waals surface area contributed by atoms with Crippen LogP contribution >= 0.6 is 0 Å². The highest BCUT2D eigenvalue weighted by Crippen LogP contribution is 2.16. The van der Waals surface area contributed by atoms with Gasteiger partial charge < -0.3 is 15.4 Å². The first kappa shape index (κ1) is 17.2. The maximum absolute atomic E-state index is 12.1. The maximum atomic E-state index is 12.1. The van der Waals surface area contributed by atoms with Gasteiger partial charge in [-0.2, -0.15) is 0 Å². The largest absolute Gasteiger partial charge is 0.497 e. The Morgan fingerprint density at radius 2 is 1.58 bits per heavy atom. The Morgan fingerprint density at radius 1 is 0.958 bits per heavy atom. The van der Waals surface area contributed by atoms with Crippen molar-refractivity contribution in [3.8, 4) is 5.75 Å². The van der Waals surface area contributed by atoms with Crippen molar-refractivity contribution in [3.63, 3.8) is 0 Å². The van der Waals surface area contributed by atoms with E-state index in [1.807, 2.05) is 0 Å². The number of amides is 2. The number of hydrogen-bond donors (Lipinski definition) is 2. The summed E-state index contributed by atoms with van der Waals surface area (Å²) in [6, 6.07) is 13.3. The molecule has 0 aromatic heterocycles. The van der Waals surface area contributed by atoms with Crippen molar-refractivity contribution in [2.45, 2.75) is 13.3 Å². The number of methoxy groups -OCH3 is 1. The molecule has 0 aliphatic rings. The smallest absolute Gasteiger partial charge is 0.232 e. The van der Waals surface area contributed by atoms with Gasteiger partial charge in [-0.25, -0.2) is 0 Å². The van der Waals surface area contributed by atoms with Gasteiger partial charge in [-0.3, -0.25) is 14.4 Å². The second-order valence-corrected chi connectivity index (χ2v) is 5.14. The molecule has 2 rings (SSSR count). The van der Waals surface area contributed by atoms with Gasteiger partial charge >= 0.3 is 0 Å². The number of hydrogen-bond acceptors (Lipinski definition) is 4. The number of benzene rings is 2. The van der Waals surface area contributed by atoms with Gasteiger partial charge in [0.2, 0.25) is 11.8 Å². The molecule has 0 saturated heterocycles. The molecule has 0 radical (unpaired) electrons. The van der Waals surface area contributed by atoms with Gasteiger partial charge in [-0.05, 0) is 42.5 Å². The molecule has 0 saturated carbocycles. The second kappa shape index (κ2) is 7.92. The van der Waals surface area contributed by atoms with Crippen molar-refractivity contribution in [3.05, 3.63) is 54.1 Å². The van der Waals surface area contributed by atoms with Gasteiger partial charge in [0.15, 0.2) is 5.78 Å². The van der Waals surface area contributed by atoms with Crippen molar-refractivity contribution in [1.82, 2.24) is 0 Å². The topological polar surface area (TPSA) is 84.5 Å². The lowest BCUT2D eigenvalue weighted by molar-refractivity contribution is -0.115. The second-order valence-electron chi connectivity index (χ2n) is 5.14. The minimum Gasteiger partial charge on any atom is -0.497 e. The predicted octanol–water partition coefficient (Wildman–Crippen LogP) is 2.87. The fraction of sp³-hybridized carbons (Fsp3) is 0.167. The lowest BCUT2D eigenvalue weighted by Crippen LogP contribution is -2.16. The number of anilines is 2. The molecule has 2 aromatic rings. The van der Waals surface area contributed by atoms with Crippen LogP contribution in [0.15, 0.2) is 48.5 Å². The summed E-state index contributed by atoms with van der Waals surface area (Å²) in [7, 11) is 1.54. The molecule has 0 atom stereocenters. The monoisotopic (exact) mass is 326 g/mol. The summed E-state index contributed by atoms with van der Waals surface area (Å²) in [5, 5.41) is 5.27. The van der Waals surface area contributed by atoms with Crippen LogP contribution in [0.2, 0.25) is 0 Å². The highest BCUT2D eigenvalue weighted by atomic mass is 16.5. The fourth-order valence-electron chi connectivity index (χ4n) is 2.11. The van der Waals surface area contributed by atoms with Crippen LogP contribution in [0.3, 0.4) is 0 Å². The summed E-state index contributed by atoms with van der Waals surface area (Å²) in [4.78, 5) is 35.2. The van der Waals surface area contributed by atoms with Crippen molar-refractivity contribution in [1.29, 1.82) is 0 Å². The first-order valence-electron chi connectivity index (χ1n) is 7.32. The van der Waals surface area contributed by atoms with Gasteiger partial charge in [-0.1, -0.05) is 6.07 Å². The molecule has 124 valence electrons. The molecular formula is C18H18N2O4. The summed E-state index contributed by atoms with van der Waals surface area (Å²) in [6.07, 6.45) is -0.267. The number of rotatable bonds is 6. The highest BCUT2D eigenvalue weighted by molar-refractivity contribution is 6.11. The number of nitrogens with one attached hydrogen (secondary N) is 2. The van der Waals surface area contributed by atoms with Gasteiger partial charge in [-0.15, -0.1) is 0 Å². The average Bonchev–Trinajstić information content (AvgIpc) is 2.54. The molecule has 0 spiro atoms. The average molecular weight is 326 g/mol. The highest BCUT2D eigenvalue weighted by Gasteiger charge is 2.12. The van der Waals surface area contributed by atoms with E-state index >= 15 is 0 Å². The third-order valence-corrected chi connectivity index (χ3v) is 3.20. The van der Waals surface area contributed by atoms with Crippen LogP contribution in [0.4, 0.5) is 11.4 Å². The Bertz CT molecular complexity index is 754. The number of ether oxygens (including phenoxy) is 1. The molecule has 0 bridgehead atoms. The summed E-state index contributed by atoms with van der Waals surface area (Å²) < 4.78 is 5.03. The summed E-state index contributed by atoms with van der Waals surface area (Å²) >= 11 is 0. The van der Waals surface area contributed by atoms with Crippen LogP contribution in [0.25, 0.3) is 0 Å². The molecule has 24 heavy (non-hydrogen) atoms. The molecule has 2 aromatic carbocycles. The lowest BCUT2D eigenvalue weighted by Gasteiger charge is -2.08. The van der Waals surface area contributed by atoms with E-state index in [4.69, 9.17) is 4.74 Å². The van der Waals surface area contributed by atoms with E-state index < -0.39 is 5.91 Å². The lowest BCUT2D eigenvalue weighted by atomic mass is 10.1. The zero-order valence-corrected chi connectivity index (χ0v) is 13.5.